The topological polar surface area (TPSA) is 64.7 Å². The summed E-state index contributed by atoms with van der Waals surface area (Å²) in [6.45, 7) is 4.26. The quantitative estimate of drug-likeness (QED) is 0.615. The van der Waals surface area contributed by atoms with Gasteiger partial charge >= 0.3 is 0 Å². The molecule has 1 aliphatic heterocycles. The standard InChI is InChI=1S/C11H23NO3/c1-11(12,9-13)5-2-3-6-15-10-4-7-14-8-10/h10,13H,2-9,12H2,1H3. The monoisotopic (exact) mass is 217 g/mol. The van der Waals surface area contributed by atoms with E-state index in [1.54, 1.807) is 0 Å². The molecule has 0 bridgehead atoms. The van der Waals surface area contributed by atoms with E-state index in [9.17, 15) is 0 Å². The minimum absolute atomic E-state index is 0.0460. The Bertz CT molecular complexity index is 167. The molecule has 1 heterocycles. The van der Waals surface area contributed by atoms with Gasteiger partial charge in [-0.15, -0.1) is 0 Å². The van der Waals surface area contributed by atoms with Gasteiger partial charge in [0.1, 0.15) is 0 Å². The van der Waals surface area contributed by atoms with E-state index in [2.05, 4.69) is 0 Å². The van der Waals surface area contributed by atoms with E-state index in [1.165, 1.54) is 0 Å². The van der Waals surface area contributed by atoms with Gasteiger partial charge in [-0.1, -0.05) is 0 Å². The van der Waals surface area contributed by atoms with Crippen LogP contribution in [-0.2, 0) is 9.47 Å². The molecule has 1 fully saturated rings. The molecule has 0 aromatic heterocycles. The van der Waals surface area contributed by atoms with Crippen LogP contribution < -0.4 is 5.73 Å². The maximum absolute atomic E-state index is 8.95. The molecule has 0 saturated carbocycles. The van der Waals surface area contributed by atoms with Crippen LogP contribution in [0.3, 0.4) is 0 Å². The fourth-order valence-electron chi connectivity index (χ4n) is 1.60. The van der Waals surface area contributed by atoms with Crippen LogP contribution >= 0.6 is 0 Å². The van der Waals surface area contributed by atoms with Gasteiger partial charge in [0.25, 0.3) is 0 Å². The summed E-state index contributed by atoms with van der Waals surface area (Å²) in [6, 6.07) is 0. The molecule has 0 aromatic carbocycles. The van der Waals surface area contributed by atoms with Gasteiger partial charge in [0, 0.05) is 18.8 Å². The summed E-state index contributed by atoms with van der Waals surface area (Å²) < 4.78 is 10.8. The fraction of sp³-hybridized carbons (Fsp3) is 1.00. The average molecular weight is 217 g/mol. The molecule has 0 aromatic rings. The van der Waals surface area contributed by atoms with Gasteiger partial charge in [-0.2, -0.15) is 0 Å². The Labute approximate surface area is 91.7 Å². The van der Waals surface area contributed by atoms with Gasteiger partial charge in [-0.3, -0.25) is 0 Å². The maximum atomic E-state index is 8.95. The van der Waals surface area contributed by atoms with Gasteiger partial charge in [0.2, 0.25) is 0 Å². The lowest BCUT2D eigenvalue weighted by Crippen LogP contribution is -2.39. The van der Waals surface area contributed by atoms with Crippen molar-refractivity contribution in [2.45, 2.75) is 44.2 Å². The summed E-state index contributed by atoms with van der Waals surface area (Å²) in [5, 5.41) is 8.95. The summed E-state index contributed by atoms with van der Waals surface area (Å²) in [5.41, 5.74) is 5.38. The predicted molar refractivity (Wildman–Crippen MR) is 58.7 cm³/mol. The Morgan fingerprint density at radius 3 is 2.93 bits per heavy atom. The second-order valence-corrected chi connectivity index (χ2v) is 4.63. The fourth-order valence-corrected chi connectivity index (χ4v) is 1.60. The molecule has 0 radical (unpaired) electrons. The summed E-state index contributed by atoms with van der Waals surface area (Å²) in [6.07, 6.45) is 4.16. The second kappa shape index (κ2) is 6.43. The number of aliphatic hydroxyl groups excluding tert-OH is 1. The molecular weight excluding hydrogens is 194 g/mol. The van der Waals surface area contributed by atoms with Crippen LogP contribution in [0, 0.1) is 0 Å². The van der Waals surface area contributed by atoms with Crippen LogP contribution in [-0.4, -0.2) is 43.2 Å². The minimum Gasteiger partial charge on any atom is -0.394 e. The molecule has 0 aliphatic carbocycles. The third kappa shape index (κ3) is 5.47. The third-order valence-electron chi connectivity index (χ3n) is 2.74. The molecular formula is C11H23NO3. The zero-order valence-electron chi connectivity index (χ0n) is 9.58. The van der Waals surface area contributed by atoms with Crippen LogP contribution in [0.4, 0.5) is 0 Å². The van der Waals surface area contributed by atoms with Gasteiger partial charge in [0.05, 0.1) is 19.3 Å². The average Bonchev–Trinajstić information content (AvgIpc) is 2.70. The van der Waals surface area contributed by atoms with Crippen LogP contribution in [0.1, 0.15) is 32.6 Å². The molecule has 0 spiro atoms. The second-order valence-electron chi connectivity index (χ2n) is 4.63. The molecule has 2 unspecified atom stereocenters. The smallest absolute Gasteiger partial charge is 0.0830 e. The van der Waals surface area contributed by atoms with E-state index in [4.69, 9.17) is 20.3 Å². The predicted octanol–water partition coefficient (Wildman–Crippen LogP) is 0.672. The first-order chi connectivity index (χ1) is 7.14. The van der Waals surface area contributed by atoms with Gasteiger partial charge in [-0.05, 0) is 32.6 Å². The van der Waals surface area contributed by atoms with E-state index < -0.39 is 5.54 Å². The number of hydrogen-bond donors (Lipinski definition) is 2. The molecule has 15 heavy (non-hydrogen) atoms. The molecule has 1 saturated heterocycles. The van der Waals surface area contributed by atoms with Crippen molar-refractivity contribution in [3.8, 4) is 0 Å². The van der Waals surface area contributed by atoms with E-state index in [0.29, 0.717) is 6.10 Å². The lowest BCUT2D eigenvalue weighted by molar-refractivity contribution is 0.0397. The van der Waals surface area contributed by atoms with Crippen LogP contribution in [0.25, 0.3) is 0 Å². The number of aliphatic hydroxyl groups is 1. The summed E-state index contributed by atoms with van der Waals surface area (Å²) in [7, 11) is 0. The number of nitrogens with two attached hydrogens (primary N) is 1. The lowest BCUT2D eigenvalue weighted by Gasteiger charge is -2.21. The highest BCUT2D eigenvalue weighted by Gasteiger charge is 2.17. The van der Waals surface area contributed by atoms with Crippen molar-refractivity contribution < 1.29 is 14.6 Å². The Morgan fingerprint density at radius 2 is 2.33 bits per heavy atom. The maximum Gasteiger partial charge on any atom is 0.0830 e. The van der Waals surface area contributed by atoms with E-state index in [-0.39, 0.29) is 6.61 Å². The number of hydrogen-bond acceptors (Lipinski definition) is 4. The van der Waals surface area contributed by atoms with E-state index in [1.807, 2.05) is 6.92 Å². The Kier molecular flexibility index (Phi) is 5.53. The van der Waals surface area contributed by atoms with Gasteiger partial charge < -0.3 is 20.3 Å². The Morgan fingerprint density at radius 1 is 1.53 bits per heavy atom. The summed E-state index contributed by atoms with van der Waals surface area (Å²) in [4.78, 5) is 0. The largest absolute Gasteiger partial charge is 0.394 e. The molecule has 1 rings (SSSR count). The van der Waals surface area contributed by atoms with Gasteiger partial charge in [0.15, 0.2) is 0 Å². The number of ether oxygens (including phenoxy) is 2. The molecule has 3 N–H and O–H groups in total. The van der Waals surface area contributed by atoms with Crippen molar-refractivity contribution in [1.82, 2.24) is 0 Å². The Balaban J connectivity index is 1.92. The van der Waals surface area contributed by atoms with Crippen molar-refractivity contribution >= 4 is 0 Å². The van der Waals surface area contributed by atoms with Gasteiger partial charge in [-0.25, -0.2) is 0 Å². The first kappa shape index (κ1) is 12.9. The number of rotatable bonds is 7. The third-order valence-corrected chi connectivity index (χ3v) is 2.74. The molecule has 2 atom stereocenters. The zero-order valence-corrected chi connectivity index (χ0v) is 9.58. The first-order valence-corrected chi connectivity index (χ1v) is 5.73. The van der Waals surface area contributed by atoms with Crippen LogP contribution in [0.5, 0.6) is 0 Å². The minimum atomic E-state index is -0.434. The Hall–Kier alpha value is -0.160. The highest BCUT2D eigenvalue weighted by Crippen LogP contribution is 2.12. The highest BCUT2D eigenvalue weighted by atomic mass is 16.5. The summed E-state index contributed by atoms with van der Waals surface area (Å²) >= 11 is 0. The molecule has 4 heteroatoms. The normalized spacial score (nSPS) is 25.4. The molecule has 0 amide bonds. The summed E-state index contributed by atoms with van der Waals surface area (Å²) in [5.74, 6) is 0. The van der Waals surface area contributed by atoms with Crippen LogP contribution in [0.2, 0.25) is 0 Å². The van der Waals surface area contributed by atoms with E-state index >= 15 is 0 Å². The molecule has 1 aliphatic rings. The van der Waals surface area contributed by atoms with Crippen molar-refractivity contribution in [3.05, 3.63) is 0 Å². The zero-order chi connectivity index (χ0) is 11.1. The van der Waals surface area contributed by atoms with Crippen molar-refractivity contribution in [2.75, 3.05) is 26.4 Å². The SMILES string of the molecule is CC(N)(CO)CCCCOC1CCOC1. The highest BCUT2D eigenvalue weighted by molar-refractivity contribution is 4.76. The van der Waals surface area contributed by atoms with Crippen LogP contribution in [0.15, 0.2) is 0 Å². The van der Waals surface area contributed by atoms with Crippen molar-refractivity contribution in [3.63, 3.8) is 0 Å². The first-order valence-electron chi connectivity index (χ1n) is 5.73. The number of unbranched alkanes of at least 4 members (excludes halogenated alkanes) is 1. The van der Waals surface area contributed by atoms with Crippen molar-refractivity contribution in [2.24, 2.45) is 5.73 Å². The molecule has 90 valence electrons. The van der Waals surface area contributed by atoms with E-state index in [0.717, 1.165) is 45.5 Å². The van der Waals surface area contributed by atoms with Crippen molar-refractivity contribution in [1.29, 1.82) is 0 Å². The molecule has 4 nitrogen and oxygen atoms in total. The lowest BCUT2D eigenvalue weighted by atomic mass is 9.97.